The predicted octanol–water partition coefficient (Wildman–Crippen LogP) is 3.16. The van der Waals surface area contributed by atoms with E-state index in [1.807, 2.05) is 35.2 Å². The van der Waals surface area contributed by atoms with Gasteiger partial charge in [-0.1, -0.05) is 30.3 Å². The van der Waals surface area contributed by atoms with Crippen molar-refractivity contribution in [2.45, 2.75) is 6.61 Å². The van der Waals surface area contributed by atoms with Gasteiger partial charge in [0.15, 0.2) is 5.96 Å². The molecule has 1 amide bonds. The van der Waals surface area contributed by atoms with Gasteiger partial charge in [-0.05, 0) is 54.1 Å². The average Bonchev–Trinajstić information content (AvgIpc) is 2.93. The highest BCUT2D eigenvalue weighted by Crippen LogP contribution is 2.18. The van der Waals surface area contributed by atoms with Gasteiger partial charge >= 0.3 is 11.9 Å². The van der Waals surface area contributed by atoms with Gasteiger partial charge in [0.25, 0.3) is 5.91 Å². The number of hydrogen-bond donors (Lipinski definition) is 2. The molecule has 0 aliphatic carbocycles. The summed E-state index contributed by atoms with van der Waals surface area (Å²) < 4.78 is 10.8. The van der Waals surface area contributed by atoms with Crippen molar-refractivity contribution in [3.05, 3.63) is 95.6 Å². The fourth-order valence-electron chi connectivity index (χ4n) is 3.91. The monoisotopic (exact) mass is 587 g/mol. The molecule has 40 heavy (non-hydrogen) atoms. The van der Waals surface area contributed by atoms with E-state index in [2.05, 4.69) is 4.99 Å². The van der Waals surface area contributed by atoms with Crippen molar-refractivity contribution in [3.8, 4) is 5.75 Å². The predicted molar refractivity (Wildman–Crippen MR) is 156 cm³/mol. The second-order valence-corrected chi connectivity index (χ2v) is 8.71. The van der Waals surface area contributed by atoms with Crippen molar-refractivity contribution in [2.24, 2.45) is 16.5 Å². The van der Waals surface area contributed by atoms with Crippen molar-refractivity contribution in [1.29, 1.82) is 0 Å². The van der Waals surface area contributed by atoms with Crippen molar-refractivity contribution >= 4 is 54.3 Å². The average molecular weight is 588 g/mol. The Morgan fingerprint density at radius 1 is 0.775 bits per heavy atom. The van der Waals surface area contributed by atoms with Gasteiger partial charge in [0.05, 0.1) is 17.8 Å². The highest BCUT2D eigenvalue weighted by atomic mass is 35.5. The lowest BCUT2D eigenvalue weighted by Crippen LogP contribution is -2.50. The van der Waals surface area contributed by atoms with Crippen LogP contribution in [0.5, 0.6) is 5.75 Å². The molecular formula is C28H31Cl2N5O5. The van der Waals surface area contributed by atoms with Gasteiger partial charge in [-0.25, -0.2) is 9.79 Å². The molecule has 1 aliphatic heterocycles. The van der Waals surface area contributed by atoms with Crippen LogP contribution in [-0.4, -0.2) is 66.3 Å². The number of carbonyl (C=O) groups is 3. The number of aliphatic imine (C=N–C) groups is 1. The molecule has 4 N–H and O–H groups in total. The van der Waals surface area contributed by atoms with E-state index in [9.17, 15) is 14.4 Å². The molecule has 0 bridgehead atoms. The van der Waals surface area contributed by atoms with Gasteiger partial charge in [0.2, 0.25) is 0 Å². The number of rotatable bonds is 8. The van der Waals surface area contributed by atoms with Crippen LogP contribution in [0.1, 0.15) is 26.3 Å². The number of benzene rings is 3. The molecule has 212 valence electrons. The van der Waals surface area contributed by atoms with E-state index in [0.29, 0.717) is 48.7 Å². The SMILES string of the molecule is Cl.Cl.NC(N)=Nc1ccc(C(=O)Oc2ccc(C(=O)N3CCN(CC(=O)OCc4ccccc4)CC3)cc2)cc1. The Bertz CT molecular complexity index is 1290. The lowest BCUT2D eigenvalue weighted by Gasteiger charge is -2.34. The Labute approximate surface area is 244 Å². The van der Waals surface area contributed by atoms with Crippen molar-refractivity contribution in [2.75, 3.05) is 32.7 Å². The van der Waals surface area contributed by atoms with E-state index < -0.39 is 5.97 Å². The molecule has 0 spiro atoms. The van der Waals surface area contributed by atoms with E-state index in [1.165, 1.54) is 0 Å². The summed E-state index contributed by atoms with van der Waals surface area (Å²) >= 11 is 0. The van der Waals surface area contributed by atoms with Crippen LogP contribution >= 0.6 is 24.8 Å². The van der Waals surface area contributed by atoms with Crippen LogP contribution in [0.25, 0.3) is 0 Å². The number of guanidine groups is 1. The smallest absolute Gasteiger partial charge is 0.343 e. The number of hydrogen-bond acceptors (Lipinski definition) is 7. The van der Waals surface area contributed by atoms with E-state index in [0.717, 1.165) is 5.56 Å². The third-order valence-electron chi connectivity index (χ3n) is 5.93. The van der Waals surface area contributed by atoms with E-state index >= 15 is 0 Å². The van der Waals surface area contributed by atoms with Gasteiger partial charge in [0, 0.05) is 31.7 Å². The minimum absolute atomic E-state index is 0. The van der Waals surface area contributed by atoms with Crippen LogP contribution in [0.3, 0.4) is 0 Å². The first kappa shape index (κ1) is 32.1. The molecule has 1 saturated heterocycles. The molecule has 1 heterocycles. The molecule has 0 unspecified atom stereocenters. The Morgan fingerprint density at radius 3 is 1.98 bits per heavy atom. The molecule has 0 aromatic heterocycles. The number of nitrogens with zero attached hydrogens (tertiary/aromatic N) is 3. The lowest BCUT2D eigenvalue weighted by molar-refractivity contribution is -0.146. The molecule has 4 rings (SSSR count). The van der Waals surface area contributed by atoms with Gasteiger partial charge in [-0.3, -0.25) is 14.5 Å². The van der Waals surface area contributed by atoms with Crippen LogP contribution < -0.4 is 16.2 Å². The maximum atomic E-state index is 12.9. The zero-order chi connectivity index (χ0) is 26.9. The van der Waals surface area contributed by atoms with Crippen molar-refractivity contribution in [1.82, 2.24) is 9.80 Å². The van der Waals surface area contributed by atoms with Crippen LogP contribution in [0.15, 0.2) is 83.9 Å². The number of ether oxygens (including phenoxy) is 2. The third kappa shape index (κ3) is 9.26. The zero-order valence-corrected chi connectivity index (χ0v) is 23.2. The van der Waals surface area contributed by atoms with Gasteiger partial charge in [-0.15, -0.1) is 24.8 Å². The number of nitrogens with two attached hydrogens (primary N) is 2. The fourth-order valence-corrected chi connectivity index (χ4v) is 3.91. The summed E-state index contributed by atoms with van der Waals surface area (Å²) in [4.78, 5) is 45.1. The Kier molecular flexibility index (Phi) is 12.4. The maximum Gasteiger partial charge on any atom is 0.343 e. The Balaban J connectivity index is 0.00000280. The van der Waals surface area contributed by atoms with Crippen molar-refractivity contribution in [3.63, 3.8) is 0 Å². The number of halogens is 2. The third-order valence-corrected chi connectivity index (χ3v) is 5.93. The van der Waals surface area contributed by atoms with E-state index in [-0.39, 0.29) is 55.8 Å². The summed E-state index contributed by atoms with van der Waals surface area (Å²) in [6, 6.07) is 22.3. The topological polar surface area (TPSA) is 141 Å². The lowest BCUT2D eigenvalue weighted by atomic mass is 10.1. The molecule has 3 aromatic carbocycles. The van der Waals surface area contributed by atoms with Crippen LogP contribution in [0.4, 0.5) is 5.69 Å². The highest BCUT2D eigenvalue weighted by molar-refractivity contribution is 5.95. The van der Waals surface area contributed by atoms with E-state index in [1.54, 1.807) is 53.4 Å². The Hall–Kier alpha value is -4.12. The summed E-state index contributed by atoms with van der Waals surface area (Å²) in [6.07, 6.45) is 0. The molecule has 3 aromatic rings. The normalized spacial score (nSPS) is 12.8. The maximum absolute atomic E-state index is 12.9. The summed E-state index contributed by atoms with van der Waals surface area (Å²) in [7, 11) is 0. The van der Waals surface area contributed by atoms with Crippen LogP contribution in [-0.2, 0) is 16.1 Å². The zero-order valence-electron chi connectivity index (χ0n) is 21.6. The Morgan fingerprint density at radius 2 is 1.38 bits per heavy atom. The minimum atomic E-state index is -0.543. The number of esters is 2. The summed E-state index contributed by atoms with van der Waals surface area (Å²) in [6.45, 7) is 2.57. The minimum Gasteiger partial charge on any atom is -0.460 e. The van der Waals surface area contributed by atoms with Crippen LogP contribution in [0, 0.1) is 0 Å². The highest BCUT2D eigenvalue weighted by Gasteiger charge is 2.24. The summed E-state index contributed by atoms with van der Waals surface area (Å²) in [5.41, 5.74) is 13.0. The van der Waals surface area contributed by atoms with E-state index in [4.69, 9.17) is 20.9 Å². The first-order chi connectivity index (χ1) is 18.4. The summed E-state index contributed by atoms with van der Waals surface area (Å²) in [5, 5.41) is 0. The van der Waals surface area contributed by atoms with Crippen molar-refractivity contribution < 1.29 is 23.9 Å². The standard InChI is InChI=1S/C28H29N5O5.2ClH/c29-28(30)31-23-10-6-22(7-11-23)27(36)38-24-12-8-21(9-13-24)26(35)33-16-14-32(15-17-33)18-25(34)37-19-20-4-2-1-3-5-20;;/h1-13H,14-19H2,(H4,29,30,31);2*1H. The molecule has 0 atom stereocenters. The number of amides is 1. The quantitative estimate of drug-likeness (QED) is 0.177. The largest absolute Gasteiger partial charge is 0.460 e. The second kappa shape index (κ2) is 15.5. The molecular weight excluding hydrogens is 557 g/mol. The van der Waals surface area contributed by atoms with Gasteiger partial charge < -0.3 is 25.8 Å². The number of carbonyl (C=O) groups excluding carboxylic acids is 3. The first-order valence-electron chi connectivity index (χ1n) is 12.1. The molecule has 12 heteroatoms. The second-order valence-electron chi connectivity index (χ2n) is 8.71. The molecule has 0 radical (unpaired) electrons. The molecule has 1 aliphatic rings. The first-order valence-corrected chi connectivity index (χ1v) is 12.1. The fraction of sp³-hybridized carbons (Fsp3) is 0.214. The van der Waals surface area contributed by atoms with Crippen LogP contribution in [0.2, 0.25) is 0 Å². The van der Waals surface area contributed by atoms with Gasteiger partial charge in [0.1, 0.15) is 12.4 Å². The van der Waals surface area contributed by atoms with Gasteiger partial charge in [-0.2, -0.15) is 0 Å². The number of piperazine rings is 1. The molecule has 1 fully saturated rings. The molecule has 10 nitrogen and oxygen atoms in total. The molecule has 0 saturated carbocycles. The summed E-state index contributed by atoms with van der Waals surface area (Å²) in [5.74, 6) is -0.707.